The van der Waals surface area contributed by atoms with Crippen LogP contribution in [0.1, 0.15) is 26.7 Å². The number of rotatable bonds is 7. The molecular weight excluding hydrogens is 481 g/mol. The minimum Gasteiger partial charge on any atom is -0.487 e. The molecule has 2 rings (SSSR count). The molecule has 2 N–H and O–H groups in total. The maximum Gasteiger partial charge on any atom is 0.406 e. The number of ether oxygens (including phenoxy) is 1. The first-order valence-electron chi connectivity index (χ1n) is 9.91. The molecule has 0 saturated heterocycles. The van der Waals surface area contributed by atoms with E-state index in [2.05, 4.69) is 0 Å². The average molecular weight is 502 g/mol. The van der Waals surface area contributed by atoms with Gasteiger partial charge in [0.2, 0.25) is 5.91 Å². The minimum absolute atomic E-state index is 0.0250. The van der Waals surface area contributed by atoms with Crippen molar-refractivity contribution >= 4 is 23.3 Å². The lowest BCUT2D eigenvalue weighted by Crippen LogP contribution is -2.54. The van der Waals surface area contributed by atoms with Crippen LogP contribution in [0.25, 0.3) is 0 Å². The third kappa shape index (κ3) is 6.58. The number of carbonyl (C=O) groups excluding carboxylic acids is 3. The second-order valence-corrected chi connectivity index (χ2v) is 7.82. The highest BCUT2D eigenvalue weighted by molar-refractivity contribution is 6.10. The second-order valence-electron chi connectivity index (χ2n) is 7.82. The van der Waals surface area contributed by atoms with Crippen molar-refractivity contribution in [3.8, 4) is 5.75 Å². The van der Waals surface area contributed by atoms with E-state index in [1.807, 2.05) is 0 Å². The Bertz CT molecular complexity index is 946. The van der Waals surface area contributed by atoms with E-state index in [1.165, 1.54) is 12.2 Å². The van der Waals surface area contributed by atoms with Crippen LogP contribution in [0, 0.1) is 11.7 Å². The van der Waals surface area contributed by atoms with Gasteiger partial charge in [0, 0.05) is 12.5 Å². The number of benzene rings is 1. The molecule has 1 aliphatic heterocycles. The first kappa shape index (κ1) is 27.3. The first-order valence-corrected chi connectivity index (χ1v) is 9.91. The summed E-state index contributed by atoms with van der Waals surface area (Å²) in [5.41, 5.74) is -3.56. The van der Waals surface area contributed by atoms with Gasteiger partial charge in [0.05, 0.1) is 11.6 Å². The molecule has 0 radical (unpaired) electrons. The molecule has 1 aliphatic rings. The number of ketones is 1. The van der Waals surface area contributed by atoms with Gasteiger partial charge in [0.1, 0.15) is 30.8 Å². The molecule has 0 fully saturated rings. The van der Waals surface area contributed by atoms with E-state index in [0.29, 0.717) is 13.0 Å². The zero-order valence-electron chi connectivity index (χ0n) is 17.9. The van der Waals surface area contributed by atoms with Gasteiger partial charge in [-0.3, -0.25) is 19.3 Å². The summed E-state index contributed by atoms with van der Waals surface area (Å²) in [5, 5.41) is 11.6. The van der Waals surface area contributed by atoms with Gasteiger partial charge in [-0.1, -0.05) is 6.92 Å². The number of aliphatic hydroxyl groups is 1. The van der Waals surface area contributed by atoms with E-state index in [0.717, 1.165) is 12.1 Å². The predicted molar refractivity (Wildman–Crippen MR) is 102 cm³/mol. The fraction of sp³-hybridized carbons (Fsp3) is 0.550. The largest absolute Gasteiger partial charge is 0.487 e. The number of Topliss-reactive ketones (excluding diaryl/α,β-unsaturated/α-hetero) is 1. The lowest BCUT2D eigenvalue weighted by atomic mass is 9.86. The molecule has 0 unspecified atom stereocenters. The second kappa shape index (κ2) is 9.76. The number of alkyl halides is 6. The maximum atomic E-state index is 13.8. The summed E-state index contributed by atoms with van der Waals surface area (Å²) in [6.07, 6.45) is -12.1. The molecule has 0 saturated carbocycles. The van der Waals surface area contributed by atoms with Crippen molar-refractivity contribution in [3.63, 3.8) is 0 Å². The van der Waals surface area contributed by atoms with Crippen molar-refractivity contribution in [3.05, 3.63) is 24.0 Å². The highest BCUT2D eigenvalue weighted by atomic mass is 19.4. The van der Waals surface area contributed by atoms with Gasteiger partial charge in [0.15, 0.2) is 11.4 Å². The molecular formula is C20H21F7N2O5. The average Bonchev–Trinajstić information content (AvgIpc) is 2.80. The monoisotopic (exact) mass is 502 g/mol. The number of halogens is 7. The van der Waals surface area contributed by atoms with Crippen LogP contribution >= 0.6 is 0 Å². The molecule has 1 heterocycles. The number of fused-ring (bicyclic) bond motifs is 1. The minimum atomic E-state index is -4.93. The first-order chi connectivity index (χ1) is 15.5. The number of nitrogens with zero attached hydrogens (tertiary/aromatic N) is 1. The van der Waals surface area contributed by atoms with Crippen LogP contribution in [0.4, 0.5) is 36.4 Å². The Morgan fingerprint density at radius 3 is 2.29 bits per heavy atom. The van der Waals surface area contributed by atoms with E-state index in [4.69, 9.17) is 4.74 Å². The van der Waals surface area contributed by atoms with Gasteiger partial charge in [-0.25, -0.2) is 4.39 Å². The number of anilines is 1. The SMILES string of the molecule is CC[C@H]1Oc2ccc(F)cc2N(CC(F)(F)F)C(=O)[C@H]1CC(=O)[C@](C)(O)C(=O)NCC(F)(F)F. The Morgan fingerprint density at radius 1 is 1.15 bits per heavy atom. The van der Waals surface area contributed by atoms with Gasteiger partial charge >= 0.3 is 12.4 Å². The Kier molecular flexibility index (Phi) is 7.85. The predicted octanol–water partition coefficient (Wildman–Crippen LogP) is 2.90. The van der Waals surface area contributed by atoms with Gasteiger partial charge in [-0.15, -0.1) is 0 Å². The van der Waals surface area contributed by atoms with Crippen LogP contribution in [0.2, 0.25) is 0 Å². The van der Waals surface area contributed by atoms with Gasteiger partial charge in [0.25, 0.3) is 5.91 Å². The number of amides is 2. The molecule has 0 bridgehead atoms. The normalized spacial score (nSPS) is 20.6. The zero-order chi connectivity index (χ0) is 26.1. The summed E-state index contributed by atoms with van der Waals surface area (Å²) in [4.78, 5) is 37.9. The third-order valence-electron chi connectivity index (χ3n) is 5.10. The smallest absolute Gasteiger partial charge is 0.406 e. The molecule has 0 spiro atoms. The maximum absolute atomic E-state index is 13.8. The lowest BCUT2D eigenvalue weighted by molar-refractivity contribution is -0.158. The highest BCUT2D eigenvalue weighted by Gasteiger charge is 2.47. The summed E-state index contributed by atoms with van der Waals surface area (Å²) in [6, 6.07) is 2.55. The Labute approximate surface area is 188 Å². The van der Waals surface area contributed by atoms with Crippen molar-refractivity contribution in [2.45, 2.75) is 50.7 Å². The van der Waals surface area contributed by atoms with Crippen molar-refractivity contribution in [2.75, 3.05) is 18.0 Å². The molecule has 14 heteroatoms. The molecule has 34 heavy (non-hydrogen) atoms. The van der Waals surface area contributed by atoms with Gasteiger partial charge in [-0.2, -0.15) is 26.3 Å². The molecule has 1 aromatic rings. The van der Waals surface area contributed by atoms with Crippen LogP contribution in [0.5, 0.6) is 5.75 Å². The van der Waals surface area contributed by atoms with Crippen LogP contribution < -0.4 is 15.0 Å². The fourth-order valence-electron chi connectivity index (χ4n) is 3.33. The standard InChI is InChI=1S/C20H21F7N2O5/c1-3-13-11(7-15(30)18(2,33)17(32)28-8-19(22,23)24)16(31)29(9-20(25,26)27)12-6-10(21)4-5-14(12)34-13/h4-6,11,13,33H,3,7-9H2,1-2H3,(H,28,32)/t11-,13+,18-/m0/s1. The van der Waals surface area contributed by atoms with Crippen molar-refractivity contribution in [1.29, 1.82) is 0 Å². The van der Waals surface area contributed by atoms with Crippen molar-refractivity contribution in [2.24, 2.45) is 5.92 Å². The number of nitrogens with one attached hydrogen (secondary N) is 1. The number of hydrogen-bond donors (Lipinski definition) is 2. The van der Waals surface area contributed by atoms with Crippen LogP contribution in [0.15, 0.2) is 18.2 Å². The lowest BCUT2D eigenvalue weighted by Gasteiger charge is -2.29. The summed E-state index contributed by atoms with van der Waals surface area (Å²) < 4.78 is 96.0. The molecule has 190 valence electrons. The van der Waals surface area contributed by atoms with Crippen molar-refractivity contribution < 1.29 is 55.0 Å². The third-order valence-corrected chi connectivity index (χ3v) is 5.10. The Balaban J connectivity index is 2.39. The van der Waals surface area contributed by atoms with E-state index in [-0.39, 0.29) is 17.1 Å². The van der Waals surface area contributed by atoms with E-state index >= 15 is 0 Å². The summed E-state index contributed by atoms with van der Waals surface area (Å²) >= 11 is 0. The quantitative estimate of drug-likeness (QED) is 0.442. The molecule has 0 aromatic heterocycles. The molecule has 0 aliphatic carbocycles. The summed E-state index contributed by atoms with van der Waals surface area (Å²) in [7, 11) is 0. The Hall–Kier alpha value is -2.90. The summed E-state index contributed by atoms with van der Waals surface area (Å²) in [6.45, 7) is -1.62. The summed E-state index contributed by atoms with van der Waals surface area (Å²) in [5.74, 6) is -7.32. The van der Waals surface area contributed by atoms with Crippen LogP contribution in [0.3, 0.4) is 0 Å². The zero-order valence-corrected chi connectivity index (χ0v) is 17.9. The van der Waals surface area contributed by atoms with Crippen molar-refractivity contribution in [1.82, 2.24) is 5.32 Å². The van der Waals surface area contributed by atoms with Crippen LogP contribution in [-0.4, -0.2) is 59.9 Å². The highest BCUT2D eigenvalue weighted by Crippen LogP contribution is 2.39. The van der Waals surface area contributed by atoms with E-state index in [9.17, 15) is 50.2 Å². The molecule has 1 aromatic carbocycles. The van der Waals surface area contributed by atoms with E-state index in [1.54, 1.807) is 0 Å². The molecule has 3 atom stereocenters. The molecule has 7 nitrogen and oxygen atoms in total. The van der Waals surface area contributed by atoms with Gasteiger partial charge in [-0.05, 0) is 25.5 Å². The van der Waals surface area contributed by atoms with Crippen LogP contribution in [-0.2, 0) is 14.4 Å². The van der Waals surface area contributed by atoms with E-state index < -0.39 is 78.6 Å². The molecule has 2 amide bonds. The number of carbonyl (C=O) groups is 3. The van der Waals surface area contributed by atoms with Gasteiger partial charge < -0.3 is 15.2 Å². The number of hydrogen-bond acceptors (Lipinski definition) is 5. The Morgan fingerprint density at radius 2 is 1.76 bits per heavy atom. The topological polar surface area (TPSA) is 95.9 Å². The fourth-order valence-corrected chi connectivity index (χ4v) is 3.33.